The third kappa shape index (κ3) is 7.21. The Labute approximate surface area is 129 Å². The van der Waals surface area contributed by atoms with E-state index in [1.54, 1.807) is 0 Å². The van der Waals surface area contributed by atoms with Crippen LogP contribution in [-0.2, 0) is 4.79 Å². The van der Waals surface area contributed by atoms with Gasteiger partial charge in [0.25, 0.3) is 0 Å². The number of carboxylic acid groups (broad SMARTS) is 1. The highest BCUT2D eigenvalue weighted by atomic mass is 32.2. The lowest BCUT2D eigenvalue weighted by molar-refractivity contribution is -0.137. The molecule has 0 aliphatic heterocycles. The fraction of sp³-hybridized carbons (Fsp3) is 0.385. The lowest BCUT2D eigenvalue weighted by Gasteiger charge is -2.11. The molecule has 1 rings (SSSR count). The highest BCUT2D eigenvalue weighted by Gasteiger charge is 2.11. The van der Waals surface area contributed by atoms with Crippen LogP contribution in [0.3, 0.4) is 0 Å². The van der Waals surface area contributed by atoms with Gasteiger partial charge in [0.15, 0.2) is 0 Å². The standard InChI is InChI=1S/C13H15F3N2O3S/c14-8-3-4-10(22-7-11(15)16)9(6-8)18-13(21)17-5-1-2-12(19)20/h3-4,6,11H,1-2,5,7H2,(H,19,20)(H2,17,18,21). The van der Waals surface area contributed by atoms with Crippen LogP contribution in [0.4, 0.5) is 23.7 Å². The van der Waals surface area contributed by atoms with Gasteiger partial charge in [-0.15, -0.1) is 11.8 Å². The number of carbonyl (C=O) groups excluding carboxylic acids is 1. The molecular formula is C13H15F3N2O3S. The number of thioether (sulfide) groups is 1. The van der Waals surface area contributed by atoms with Crippen LogP contribution >= 0.6 is 11.8 Å². The number of alkyl halides is 2. The number of nitrogens with one attached hydrogen (secondary N) is 2. The van der Waals surface area contributed by atoms with Gasteiger partial charge in [-0.1, -0.05) is 0 Å². The van der Waals surface area contributed by atoms with E-state index in [0.717, 1.165) is 23.9 Å². The van der Waals surface area contributed by atoms with Crippen LogP contribution in [0, 0.1) is 5.82 Å². The number of urea groups is 1. The molecule has 0 heterocycles. The molecule has 0 fully saturated rings. The average Bonchev–Trinajstić information content (AvgIpc) is 2.42. The first-order chi connectivity index (χ1) is 10.4. The summed E-state index contributed by atoms with van der Waals surface area (Å²) in [7, 11) is 0. The third-order valence-corrected chi connectivity index (χ3v) is 3.49. The molecule has 0 unspecified atom stereocenters. The molecule has 0 saturated heterocycles. The summed E-state index contributed by atoms with van der Waals surface area (Å²) >= 11 is 0.801. The summed E-state index contributed by atoms with van der Waals surface area (Å²) in [4.78, 5) is 22.2. The summed E-state index contributed by atoms with van der Waals surface area (Å²) in [6.45, 7) is 0.132. The van der Waals surface area contributed by atoms with Crippen LogP contribution in [0.2, 0.25) is 0 Å². The number of anilines is 1. The molecule has 1 aromatic carbocycles. The maximum absolute atomic E-state index is 13.2. The quantitative estimate of drug-likeness (QED) is 0.503. The summed E-state index contributed by atoms with van der Waals surface area (Å²) < 4.78 is 37.6. The molecule has 1 aromatic rings. The summed E-state index contributed by atoms with van der Waals surface area (Å²) in [5, 5.41) is 13.2. The molecule has 2 amide bonds. The minimum absolute atomic E-state index is 0.0846. The predicted octanol–water partition coefficient (Wildman–Crippen LogP) is 3.17. The molecule has 122 valence electrons. The summed E-state index contributed by atoms with van der Waals surface area (Å²) in [6, 6.07) is 2.80. The van der Waals surface area contributed by atoms with Crippen LogP contribution in [0.1, 0.15) is 12.8 Å². The molecule has 9 heteroatoms. The van der Waals surface area contributed by atoms with E-state index in [0.29, 0.717) is 4.90 Å². The van der Waals surface area contributed by atoms with Gasteiger partial charge in [-0.2, -0.15) is 0 Å². The van der Waals surface area contributed by atoms with Gasteiger partial charge >= 0.3 is 12.0 Å². The van der Waals surface area contributed by atoms with Gasteiger partial charge in [-0.25, -0.2) is 18.0 Å². The molecule has 3 N–H and O–H groups in total. The van der Waals surface area contributed by atoms with E-state index in [9.17, 15) is 22.8 Å². The van der Waals surface area contributed by atoms with Crippen molar-refractivity contribution in [2.45, 2.75) is 24.2 Å². The predicted molar refractivity (Wildman–Crippen MR) is 77.0 cm³/mol. The van der Waals surface area contributed by atoms with Crippen molar-refractivity contribution in [3.8, 4) is 0 Å². The molecule has 0 radical (unpaired) electrons. The van der Waals surface area contributed by atoms with E-state index in [-0.39, 0.29) is 25.1 Å². The zero-order chi connectivity index (χ0) is 16.5. The van der Waals surface area contributed by atoms with E-state index in [4.69, 9.17) is 5.11 Å². The maximum atomic E-state index is 13.2. The van der Waals surface area contributed by atoms with Gasteiger partial charge < -0.3 is 15.7 Å². The Bertz CT molecular complexity index is 529. The van der Waals surface area contributed by atoms with Gasteiger partial charge in [0.05, 0.1) is 11.4 Å². The summed E-state index contributed by atoms with van der Waals surface area (Å²) in [5.41, 5.74) is 0.0846. The minimum atomic E-state index is -2.52. The molecule has 5 nitrogen and oxygen atoms in total. The smallest absolute Gasteiger partial charge is 0.319 e. The number of halogens is 3. The van der Waals surface area contributed by atoms with Gasteiger partial charge in [-0.05, 0) is 24.6 Å². The van der Waals surface area contributed by atoms with Gasteiger partial charge in [0.1, 0.15) is 5.82 Å². The number of carbonyl (C=O) groups is 2. The molecule has 0 atom stereocenters. The van der Waals surface area contributed by atoms with Crippen LogP contribution in [-0.4, -0.2) is 35.8 Å². The van der Waals surface area contributed by atoms with Crippen molar-refractivity contribution in [3.63, 3.8) is 0 Å². The third-order valence-electron chi connectivity index (χ3n) is 2.41. The molecule has 22 heavy (non-hydrogen) atoms. The second kappa shape index (κ2) is 9.19. The number of benzene rings is 1. The normalized spacial score (nSPS) is 10.5. The number of hydrogen-bond acceptors (Lipinski definition) is 3. The van der Waals surface area contributed by atoms with Crippen molar-refractivity contribution >= 4 is 29.4 Å². The first-order valence-electron chi connectivity index (χ1n) is 6.35. The number of amides is 2. The van der Waals surface area contributed by atoms with Crippen molar-refractivity contribution < 1.29 is 27.9 Å². The largest absolute Gasteiger partial charge is 0.481 e. The van der Waals surface area contributed by atoms with Gasteiger partial charge in [-0.3, -0.25) is 4.79 Å². The van der Waals surface area contributed by atoms with E-state index >= 15 is 0 Å². The van der Waals surface area contributed by atoms with Crippen molar-refractivity contribution in [1.82, 2.24) is 5.32 Å². The van der Waals surface area contributed by atoms with E-state index in [2.05, 4.69) is 10.6 Å². The topological polar surface area (TPSA) is 78.4 Å². The highest BCUT2D eigenvalue weighted by Crippen LogP contribution is 2.29. The van der Waals surface area contributed by atoms with E-state index in [1.165, 1.54) is 6.07 Å². The lowest BCUT2D eigenvalue weighted by Crippen LogP contribution is -2.30. The van der Waals surface area contributed by atoms with Crippen LogP contribution in [0.25, 0.3) is 0 Å². The van der Waals surface area contributed by atoms with Gasteiger partial charge in [0, 0.05) is 17.9 Å². The Morgan fingerprint density at radius 3 is 2.68 bits per heavy atom. The first kappa shape index (κ1) is 18.1. The van der Waals surface area contributed by atoms with Gasteiger partial charge in [0.2, 0.25) is 6.43 Å². The molecule has 0 aliphatic carbocycles. The monoisotopic (exact) mass is 336 g/mol. The molecule has 0 aromatic heterocycles. The SMILES string of the molecule is O=C(O)CCCNC(=O)Nc1cc(F)ccc1SCC(F)F. The average molecular weight is 336 g/mol. The Morgan fingerprint density at radius 2 is 2.05 bits per heavy atom. The lowest BCUT2D eigenvalue weighted by atomic mass is 10.3. The van der Waals surface area contributed by atoms with Crippen molar-refractivity contribution in [2.75, 3.05) is 17.6 Å². The Hall–Kier alpha value is -1.90. The highest BCUT2D eigenvalue weighted by molar-refractivity contribution is 7.99. The van der Waals surface area contributed by atoms with E-state index in [1.807, 2.05) is 0 Å². The van der Waals surface area contributed by atoms with Crippen molar-refractivity contribution in [2.24, 2.45) is 0 Å². The Kier molecular flexibility index (Phi) is 7.58. The van der Waals surface area contributed by atoms with Crippen molar-refractivity contribution in [3.05, 3.63) is 24.0 Å². The van der Waals surface area contributed by atoms with Crippen LogP contribution in [0.5, 0.6) is 0 Å². The molecular weight excluding hydrogens is 321 g/mol. The number of aliphatic carboxylic acids is 1. The zero-order valence-corrected chi connectivity index (χ0v) is 12.3. The number of carboxylic acids is 1. The summed E-state index contributed by atoms with van der Waals surface area (Å²) in [5.74, 6) is -2.05. The van der Waals surface area contributed by atoms with Crippen molar-refractivity contribution in [1.29, 1.82) is 0 Å². The molecule has 0 aliphatic rings. The number of rotatable bonds is 8. The number of hydrogen-bond donors (Lipinski definition) is 3. The fourth-order valence-electron chi connectivity index (χ4n) is 1.49. The first-order valence-corrected chi connectivity index (χ1v) is 7.34. The molecule has 0 bridgehead atoms. The Balaban J connectivity index is 2.56. The second-order valence-corrected chi connectivity index (χ2v) is 5.28. The second-order valence-electron chi connectivity index (χ2n) is 4.22. The Morgan fingerprint density at radius 1 is 1.32 bits per heavy atom. The van der Waals surface area contributed by atoms with Crippen LogP contribution < -0.4 is 10.6 Å². The maximum Gasteiger partial charge on any atom is 0.319 e. The fourth-order valence-corrected chi connectivity index (χ4v) is 2.22. The zero-order valence-electron chi connectivity index (χ0n) is 11.4. The summed E-state index contributed by atoms with van der Waals surface area (Å²) in [6.07, 6.45) is -2.36. The minimum Gasteiger partial charge on any atom is -0.481 e. The van der Waals surface area contributed by atoms with E-state index < -0.39 is 30.0 Å². The molecule has 0 spiro atoms. The van der Waals surface area contributed by atoms with Crippen LogP contribution in [0.15, 0.2) is 23.1 Å². The molecule has 0 saturated carbocycles.